The number of epoxide rings is 1. The van der Waals surface area contributed by atoms with E-state index in [1.54, 1.807) is 0 Å². The van der Waals surface area contributed by atoms with E-state index in [2.05, 4.69) is 20.8 Å². The molecule has 1 aliphatic heterocycles. The van der Waals surface area contributed by atoms with E-state index >= 15 is 0 Å². The van der Waals surface area contributed by atoms with Crippen LogP contribution in [-0.2, 0) is 14.2 Å². The van der Waals surface area contributed by atoms with Crippen molar-refractivity contribution in [2.24, 2.45) is 5.92 Å². The minimum atomic E-state index is -0.339. The van der Waals surface area contributed by atoms with E-state index in [0.29, 0.717) is 12.2 Å². The molecule has 2 fully saturated rings. The molecule has 1 heterocycles. The van der Waals surface area contributed by atoms with Gasteiger partial charge in [-0.2, -0.15) is 0 Å². The van der Waals surface area contributed by atoms with Crippen molar-refractivity contribution in [3.05, 3.63) is 0 Å². The topological polar surface area (TPSA) is 31.0 Å². The summed E-state index contributed by atoms with van der Waals surface area (Å²) >= 11 is 0. The van der Waals surface area contributed by atoms with Gasteiger partial charge in [-0.1, -0.05) is 45.4 Å². The van der Waals surface area contributed by atoms with Gasteiger partial charge in [0.15, 0.2) is 5.79 Å². The predicted molar refractivity (Wildman–Crippen MR) is 104 cm³/mol. The molecule has 0 aromatic rings. The number of hydrogen-bond acceptors (Lipinski definition) is 3. The van der Waals surface area contributed by atoms with Gasteiger partial charge >= 0.3 is 0 Å². The fourth-order valence-corrected chi connectivity index (χ4v) is 4.51. The Kier molecular flexibility index (Phi) is 9.80. The van der Waals surface area contributed by atoms with Crippen LogP contribution in [0.25, 0.3) is 0 Å². The Morgan fingerprint density at radius 3 is 2.12 bits per heavy atom. The van der Waals surface area contributed by atoms with Crippen LogP contribution in [0, 0.1) is 5.92 Å². The highest BCUT2D eigenvalue weighted by molar-refractivity contribution is 4.92. The summed E-state index contributed by atoms with van der Waals surface area (Å²) in [6.45, 7) is 7.97. The van der Waals surface area contributed by atoms with E-state index in [9.17, 15) is 0 Å². The molecule has 1 saturated carbocycles. The summed E-state index contributed by atoms with van der Waals surface area (Å²) < 4.78 is 18.1. The number of unbranched alkanes of at least 4 members (excludes halogenated alkanes) is 6. The fourth-order valence-electron chi connectivity index (χ4n) is 4.51. The van der Waals surface area contributed by atoms with Crippen LogP contribution in [0.2, 0.25) is 0 Å². The van der Waals surface area contributed by atoms with Crippen molar-refractivity contribution in [3.63, 3.8) is 0 Å². The van der Waals surface area contributed by atoms with Crippen molar-refractivity contribution in [1.29, 1.82) is 0 Å². The highest BCUT2D eigenvalue weighted by Gasteiger charge is 2.44. The standard InChI is InChI=1S/C22H42O3/c1-4-7-8-9-10-11-12-16-22(23-5-2,24-6-3)17-15-19-13-14-20-21(18-19)25-20/h19-21H,4-18H2,1-3H3. The predicted octanol–water partition coefficient (Wildman–Crippen LogP) is 6.24. The lowest BCUT2D eigenvalue weighted by Gasteiger charge is -2.35. The second-order valence-corrected chi connectivity index (χ2v) is 8.08. The molecule has 0 amide bonds. The average molecular weight is 355 g/mol. The molecule has 0 aromatic carbocycles. The van der Waals surface area contributed by atoms with Crippen molar-refractivity contribution in [2.75, 3.05) is 13.2 Å². The lowest BCUT2D eigenvalue weighted by molar-refractivity contribution is -0.243. The quantitative estimate of drug-likeness (QED) is 0.198. The van der Waals surface area contributed by atoms with Crippen molar-refractivity contribution >= 4 is 0 Å². The molecule has 3 unspecified atom stereocenters. The lowest BCUT2D eigenvalue weighted by atomic mass is 9.84. The highest BCUT2D eigenvalue weighted by Crippen LogP contribution is 2.42. The van der Waals surface area contributed by atoms with Crippen LogP contribution in [0.4, 0.5) is 0 Å². The lowest BCUT2D eigenvalue weighted by Crippen LogP contribution is -2.37. The van der Waals surface area contributed by atoms with Gasteiger partial charge in [-0.15, -0.1) is 0 Å². The van der Waals surface area contributed by atoms with E-state index in [1.807, 2.05) is 0 Å². The molecule has 3 nitrogen and oxygen atoms in total. The van der Waals surface area contributed by atoms with Crippen molar-refractivity contribution in [2.45, 2.75) is 122 Å². The number of fused-ring (bicyclic) bond motifs is 1. The number of hydrogen-bond donors (Lipinski definition) is 0. The molecule has 0 N–H and O–H groups in total. The SMILES string of the molecule is CCCCCCCCCC(CCC1CCC2OC2C1)(OCC)OCC. The third-order valence-electron chi connectivity index (χ3n) is 6.02. The Bertz CT molecular complexity index is 338. The van der Waals surface area contributed by atoms with Crippen molar-refractivity contribution in [1.82, 2.24) is 0 Å². The maximum atomic E-state index is 6.19. The van der Waals surface area contributed by atoms with Crippen LogP contribution in [0.3, 0.4) is 0 Å². The fraction of sp³-hybridized carbons (Fsp3) is 1.00. The Morgan fingerprint density at radius 2 is 1.48 bits per heavy atom. The highest BCUT2D eigenvalue weighted by atomic mass is 16.7. The third kappa shape index (κ3) is 7.56. The van der Waals surface area contributed by atoms with E-state index < -0.39 is 0 Å². The Morgan fingerprint density at radius 1 is 0.800 bits per heavy atom. The number of rotatable bonds is 15. The molecule has 0 aromatic heterocycles. The normalized spacial score (nSPS) is 25.8. The van der Waals surface area contributed by atoms with Crippen LogP contribution in [0.5, 0.6) is 0 Å². The summed E-state index contributed by atoms with van der Waals surface area (Å²) in [7, 11) is 0. The summed E-state index contributed by atoms with van der Waals surface area (Å²) in [5, 5.41) is 0. The first-order chi connectivity index (χ1) is 12.2. The van der Waals surface area contributed by atoms with E-state index in [0.717, 1.165) is 32.0 Å². The maximum Gasteiger partial charge on any atom is 0.168 e. The van der Waals surface area contributed by atoms with Gasteiger partial charge in [0.2, 0.25) is 0 Å². The van der Waals surface area contributed by atoms with Gasteiger partial charge in [-0.3, -0.25) is 0 Å². The van der Waals surface area contributed by atoms with Crippen LogP contribution in [0.1, 0.15) is 104 Å². The zero-order valence-corrected chi connectivity index (χ0v) is 17.1. The zero-order chi connectivity index (χ0) is 18.0. The maximum absolute atomic E-state index is 6.19. The number of ether oxygens (including phenoxy) is 3. The molecule has 0 bridgehead atoms. The largest absolute Gasteiger partial charge is 0.370 e. The van der Waals surface area contributed by atoms with Crippen molar-refractivity contribution < 1.29 is 14.2 Å². The zero-order valence-electron chi connectivity index (χ0n) is 17.1. The van der Waals surface area contributed by atoms with E-state index in [4.69, 9.17) is 14.2 Å². The third-order valence-corrected chi connectivity index (χ3v) is 6.02. The Hall–Kier alpha value is -0.120. The molecule has 25 heavy (non-hydrogen) atoms. The molecule has 1 saturated heterocycles. The van der Waals surface area contributed by atoms with Gasteiger partial charge in [0.25, 0.3) is 0 Å². The summed E-state index contributed by atoms with van der Waals surface area (Å²) in [5.74, 6) is 0.465. The minimum Gasteiger partial charge on any atom is -0.370 e. The second kappa shape index (κ2) is 11.6. The van der Waals surface area contributed by atoms with Gasteiger partial charge in [-0.25, -0.2) is 0 Å². The van der Waals surface area contributed by atoms with Crippen LogP contribution in [-0.4, -0.2) is 31.2 Å². The summed E-state index contributed by atoms with van der Waals surface area (Å²) in [6.07, 6.45) is 17.7. The van der Waals surface area contributed by atoms with Gasteiger partial charge in [-0.05, 0) is 51.9 Å². The Balaban J connectivity index is 1.71. The smallest absolute Gasteiger partial charge is 0.168 e. The molecule has 0 radical (unpaired) electrons. The minimum absolute atomic E-state index is 0.339. The van der Waals surface area contributed by atoms with E-state index in [-0.39, 0.29) is 5.79 Å². The first-order valence-electron chi connectivity index (χ1n) is 11.2. The van der Waals surface area contributed by atoms with Gasteiger partial charge in [0.1, 0.15) is 0 Å². The van der Waals surface area contributed by atoms with Crippen LogP contribution < -0.4 is 0 Å². The molecule has 1 aliphatic carbocycles. The first-order valence-corrected chi connectivity index (χ1v) is 11.2. The van der Waals surface area contributed by atoms with Crippen LogP contribution in [0.15, 0.2) is 0 Å². The van der Waals surface area contributed by atoms with Crippen molar-refractivity contribution in [3.8, 4) is 0 Å². The summed E-state index contributed by atoms with van der Waals surface area (Å²) in [6, 6.07) is 0. The summed E-state index contributed by atoms with van der Waals surface area (Å²) in [4.78, 5) is 0. The molecular weight excluding hydrogens is 312 g/mol. The second-order valence-electron chi connectivity index (χ2n) is 8.08. The first kappa shape index (κ1) is 21.2. The molecular formula is C22H42O3. The van der Waals surface area contributed by atoms with Gasteiger partial charge < -0.3 is 14.2 Å². The Labute approximate surface area is 156 Å². The van der Waals surface area contributed by atoms with Gasteiger partial charge in [0, 0.05) is 26.1 Å². The molecule has 3 atom stereocenters. The summed E-state index contributed by atoms with van der Waals surface area (Å²) in [5.41, 5.74) is 0. The van der Waals surface area contributed by atoms with Crippen LogP contribution >= 0.6 is 0 Å². The van der Waals surface area contributed by atoms with E-state index in [1.165, 1.54) is 70.6 Å². The molecule has 2 rings (SSSR count). The average Bonchev–Trinajstić information content (AvgIpc) is 3.38. The molecule has 3 heteroatoms. The molecule has 0 spiro atoms. The monoisotopic (exact) mass is 354 g/mol. The molecule has 148 valence electrons. The van der Waals surface area contributed by atoms with Gasteiger partial charge in [0.05, 0.1) is 12.2 Å². The molecule has 2 aliphatic rings.